The number of nitrogens with zero attached hydrogens (tertiary/aromatic N) is 3. The third kappa shape index (κ3) is 4.36. The van der Waals surface area contributed by atoms with Crippen molar-refractivity contribution >= 4 is 26.6 Å². The van der Waals surface area contributed by atoms with Crippen LogP contribution in [0.2, 0.25) is 0 Å². The normalized spacial score (nSPS) is 22.6. The summed E-state index contributed by atoms with van der Waals surface area (Å²) in [4.78, 5) is 17.0. The number of para-hydroxylation sites is 1. The molecule has 2 fully saturated rings. The minimum Gasteiger partial charge on any atom is -0.345 e. The van der Waals surface area contributed by atoms with Crippen LogP contribution in [-0.2, 0) is 21.1 Å². The molecule has 2 aliphatic heterocycles. The van der Waals surface area contributed by atoms with Crippen LogP contribution < -0.4 is 0 Å². The Morgan fingerprint density at radius 1 is 1.14 bits per heavy atom. The Balaban J connectivity index is 1.34. The number of sulfone groups is 1. The summed E-state index contributed by atoms with van der Waals surface area (Å²) in [6.45, 7) is 7.30. The molecule has 4 rings (SSSR count). The van der Waals surface area contributed by atoms with E-state index >= 15 is 0 Å². The number of hydrogen-bond donors (Lipinski definition) is 0. The lowest BCUT2D eigenvalue weighted by molar-refractivity contribution is -0.133. The van der Waals surface area contributed by atoms with Gasteiger partial charge in [-0.2, -0.15) is 0 Å². The smallest absolute Gasteiger partial charge is 0.222 e. The predicted molar refractivity (Wildman–Crippen MR) is 116 cm³/mol. The van der Waals surface area contributed by atoms with Crippen LogP contribution in [0.4, 0.5) is 0 Å². The molecule has 1 aromatic carbocycles. The lowest BCUT2D eigenvalue weighted by Gasteiger charge is -2.37. The van der Waals surface area contributed by atoms with Gasteiger partial charge < -0.3 is 9.47 Å². The molecule has 2 aliphatic rings. The van der Waals surface area contributed by atoms with Crippen LogP contribution in [0, 0.1) is 0 Å². The first kappa shape index (κ1) is 20.4. The van der Waals surface area contributed by atoms with Crippen LogP contribution >= 0.6 is 0 Å². The summed E-state index contributed by atoms with van der Waals surface area (Å²) < 4.78 is 25.7. The zero-order valence-corrected chi connectivity index (χ0v) is 18.2. The molecule has 1 aromatic heterocycles. The van der Waals surface area contributed by atoms with E-state index in [1.807, 2.05) is 4.90 Å². The van der Waals surface area contributed by atoms with Crippen molar-refractivity contribution in [1.29, 1.82) is 0 Å². The summed E-state index contributed by atoms with van der Waals surface area (Å²) in [5.41, 5.74) is 2.46. The number of benzene rings is 1. The molecule has 0 N–H and O–H groups in total. The van der Waals surface area contributed by atoms with E-state index in [0.29, 0.717) is 31.3 Å². The minimum atomic E-state index is -2.86. The molecule has 2 aromatic rings. The zero-order valence-electron chi connectivity index (χ0n) is 17.4. The lowest BCUT2D eigenvalue weighted by Crippen LogP contribution is -2.52. The van der Waals surface area contributed by atoms with E-state index < -0.39 is 9.84 Å². The van der Waals surface area contributed by atoms with Gasteiger partial charge in [0.05, 0.1) is 11.5 Å². The second-order valence-electron chi connectivity index (χ2n) is 8.65. The highest BCUT2D eigenvalue weighted by Gasteiger charge is 2.34. The van der Waals surface area contributed by atoms with Crippen molar-refractivity contribution in [1.82, 2.24) is 14.4 Å². The van der Waals surface area contributed by atoms with Gasteiger partial charge in [0.2, 0.25) is 5.91 Å². The van der Waals surface area contributed by atoms with Gasteiger partial charge in [0.15, 0.2) is 9.84 Å². The Bertz CT molecular complexity index is 988. The van der Waals surface area contributed by atoms with E-state index in [0.717, 1.165) is 25.9 Å². The standard InChI is InChI=1S/C22H31N3O3S/c1-17(2)25-15-18(20-5-3-4-6-21(20)25)7-8-22(26)24-12-10-23(11-13-24)19-9-14-29(27,28)16-19/h3-6,15,17,19H,7-14,16H2,1-2H3/t19-/m0/s1. The van der Waals surface area contributed by atoms with Crippen molar-refractivity contribution in [2.75, 3.05) is 37.7 Å². The molecule has 1 amide bonds. The number of carbonyl (C=O) groups excluding carboxylic acids is 1. The largest absolute Gasteiger partial charge is 0.345 e. The van der Waals surface area contributed by atoms with Crippen LogP contribution in [0.1, 0.15) is 38.3 Å². The van der Waals surface area contributed by atoms with Crippen LogP contribution in [0.3, 0.4) is 0 Å². The molecule has 0 saturated carbocycles. The summed E-state index contributed by atoms with van der Waals surface area (Å²) in [6, 6.07) is 8.92. The van der Waals surface area contributed by atoms with Crippen molar-refractivity contribution in [2.45, 2.75) is 45.2 Å². The van der Waals surface area contributed by atoms with E-state index in [2.05, 4.69) is 53.8 Å². The van der Waals surface area contributed by atoms with Gasteiger partial charge in [-0.05, 0) is 38.3 Å². The predicted octanol–water partition coefficient (Wildman–Crippen LogP) is 2.49. The number of aryl methyl sites for hydroxylation is 1. The molecule has 29 heavy (non-hydrogen) atoms. The number of rotatable bonds is 5. The fourth-order valence-electron chi connectivity index (χ4n) is 4.70. The van der Waals surface area contributed by atoms with Crippen molar-refractivity contribution < 1.29 is 13.2 Å². The highest BCUT2D eigenvalue weighted by atomic mass is 32.2. The molecular weight excluding hydrogens is 386 g/mol. The van der Waals surface area contributed by atoms with E-state index in [-0.39, 0.29) is 17.7 Å². The van der Waals surface area contributed by atoms with Crippen LogP contribution in [-0.4, -0.2) is 72.4 Å². The van der Waals surface area contributed by atoms with E-state index in [4.69, 9.17) is 0 Å². The number of piperazine rings is 1. The van der Waals surface area contributed by atoms with Gasteiger partial charge in [0.1, 0.15) is 0 Å². The Kier molecular flexibility index (Phi) is 5.71. The zero-order chi connectivity index (χ0) is 20.6. The molecule has 6 nitrogen and oxygen atoms in total. The van der Waals surface area contributed by atoms with Crippen molar-refractivity contribution in [2.24, 2.45) is 0 Å². The molecule has 0 spiro atoms. The highest BCUT2D eigenvalue weighted by Crippen LogP contribution is 2.26. The second-order valence-corrected chi connectivity index (χ2v) is 10.9. The Morgan fingerprint density at radius 2 is 1.86 bits per heavy atom. The van der Waals surface area contributed by atoms with Crippen LogP contribution in [0.15, 0.2) is 30.5 Å². The summed E-state index contributed by atoms with van der Waals surface area (Å²) in [5, 5.41) is 1.24. The van der Waals surface area contributed by atoms with Crippen LogP contribution in [0.25, 0.3) is 10.9 Å². The van der Waals surface area contributed by atoms with Crippen molar-refractivity contribution in [3.8, 4) is 0 Å². The molecular formula is C22H31N3O3S. The summed E-state index contributed by atoms with van der Waals surface area (Å²) in [6.07, 6.45) is 4.20. The number of fused-ring (bicyclic) bond motifs is 1. The molecule has 0 bridgehead atoms. The molecule has 2 saturated heterocycles. The van der Waals surface area contributed by atoms with Gasteiger partial charge in [-0.3, -0.25) is 9.69 Å². The maximum absolute atomic E-state index is 12.8. The minimum absolute atomic E-state index is 0.138. The van der Waals surface area contributed by atoms with Crippen LogP contribution in [0.5, 0.6) is 0 Å². The summed E-state index contributed by atoms with van der Waals surface area (Å²) >= 11 is 0. The van der Waals surface area contributed by atoms with E-state index in [1.165, 1.54) is 16.5 Å². The van der Waals surface area contributed by atoms with E-state index in [1.54, 1.807) is 0 Å². The SMILES string of the molecule is CC(C)n1cc(CCC(=O)N2CCN([C@H]3CCS(=O)(=O)C3)CC2)c2ccccc21. The number of amides is 1. The third-order valence-corrected chi connectivity index (χ3v) is 8.13. The van der Waals surface area contributed by atoms with E-state index in [9.17, 15) is 13.2 Å². The Hall–Kier alpha value is -1.86. The first-order valence-electron chi connectivity index (χ1n) is 10.6. The third-order valence-electron chi connectivity index (χ3n) is 6.38. The Morgan fingerprint density at radius 3 is 2.52 bits per heavy atom. The number of carbonyl (C=O) groups is 1. The Labute approximate surface area is 173 Å². The van der Waals surface area contributed by atoms with Gasteiger partial charge in [0, 0.05) is 61.8 Å². The molecule has 3 heterocycles. The maximum Gasteiger partial charge on any atom is 0.222 e. The first-order valence-corrected chi connectivity index (χ1v) is 12.5. The van der Waals surface area contributed by atoms with Gasteiger partial charge in [-0.25, -0.2) is 8.42 Å². The molecule has 7 heteroatoms. The molecule has 0 unspecified atom stereocenters. The first-order chi connectivity index (χ1) is 13.8. The van der Waals surface area contributed by atoms with Crippen molar-refractivity contribution in [3.05, 3.63) is 36.0 Å². The topological polar surface area (TPSA) is 62.6 Å². The number of hydrogen-bond acceptors (Lipinski definition) is 4. The monoisotopic (exact) mass is 417 g/mol. The summed E-state index contributed by atoms with van der Waals surface area (Å²) in [5.74, 6) is 0.784. The maximum atomic E-state index is 12.8. The fourth-order valence-corrected chi connectivity index (χ4v) is 6.46. The van der Waals surface area contributed by atoms with Gasteiger partial charge in [-0.1, -0.05) is 18.2 Å². The average molecular weight is 418 g/mol. The molecule has 1 atom stereocenters. The lowest BCUT2D eigenvalue weighted by atomic mass is 10.1. The van der Waals surface area contributed by atoms with Crippen molar-refractivity contribution in [3.63, 3.8) is 0 Å². The molecule has 158 valence electrons. The van der Waals surface area contributed by atoms with Gasteiger partial charge in [0.25, 0.3) is 0 Å². The molecule has 0 radical (unpaired) electrons. The summed E-state index contributed by atoms with van der Waals surface area (Å²) in [7, 11) is -2.86. The highest BCUT2D eigenvalue weighted by molar-refractivity contribution is 7.91. The fraction of sp³-hybridized carbons (Fsp3) is 0.591. The number of aromatic nitrogens is 1. The van der Waals surface area contributed by atoms with Gasteiger partial charge in [-0.15, -0.1) is 0 Å². The second kappa shape index (κ2) is 8.11. The van der Waals surface area contributed by atoms with Gasteiger partial charge >= 0.3 is 0 Å². The quantitative estimate of drug-likeness (QED) is 0.750. The molecule has 0 aliphatic carbocycles. The average Bonchev–Trinajstić information content (AvgIpc) is 3.26.